The lowest BCUT2D eigenvalue weighted by molar-refractivity contribution is -0.384. The summed E-state index contributed by atoms with van der Waals surface area (Å²) in [4.78, 5) is 15.6. The third-order valence-electron chi connectivity index (χ3n) is 4.12. The Kier molecular flexibility index (Phi) is 5.14. The number of hydrogen-bond donors (Lipinski definition) is 1. The standard InChI is InChI=1S/C15H24N4O2/c1-4-16-15-13(6-5-7-14(15)19(20)21)11-18-9-8-17(3)12(2)10-18/h5-7,12,16H,4,8-11H2,1-3H3. The molecule has 1 atom stereocenters. The van der Waals surface area contributed by atoms with Crippen molar-refractivity contribution in [2.24, 2.45) is 0 Å². The molecule has 1 aliphatic heterocycles. The Morgan fingerprint density at radius 2 is 2.19 bits per heavy atom. The summed E-state index contributed by atoms with van der Waals surface area (Å²) >= 11 is 0. The molecule has 0 bridgehead atoms. The van der Waals surface area contributed by atoms with Gasteiger partial charge in [-0.15, -0.1) is 0 Å². The number of nitro groups is 1. The average Bonchev–Trinajstić information content (AvgIpc) is 2.44. The van der Waals surface area contributed by atoms with Crippen molar-refractivity contribution in [1.29, 1.82) is 0 Å². The van der Waals surface area contributed by atoms with E-state index in [1.165, 1.54) is 0 Å². The molecule has 21 heavy (non-hydrogen) atoms. The number of para-hydroxylation sites is 1. The van der Waals surface area contributed by atoms with E-state index in [4.69, 9.17) is 0 Å². The van der Waals surface area contributed by atoms with Crippen molar-refractivity contribution in [2.75, 3.05) is 38.5 Å². The van der Waals surface area contributed by atoms with E-state index in [-0.39, 0.29) is 10.6 Å². The third-order valence-corrected chi connectivity index (χ3v) is 4.12. The second kappa shape index (κ2) is 6.87. The summed E-state index contributed by atoms with van der Waals surface area (Å²) in [5.41, 5.74) is 1.83. The minimum Gasteiger partial charge on any atom is -0.380 e. The summed E-state index contributed by atoms with van der Waals surface area (Å²) in [5, 5.41) is 14.3. The first-order valence-corrected chi connectivity index (χ1v) is 7.45. The lowest BCUT2D eigenvalue weighted by atomic mass is 10.1. The number of likely N-dealkylation sites (N-methyl/N-ethyl adjacent to an activating group) is 1. The molecule has 1 fully saturated rings. The zero-order chi connectivity index (χ0) is 15.4. The normalized spacial score (nSPS) is 20.4. The summed E-state index contributed by atoms with van der Waals surface area (Å²) in [6, 6.07) is 5.83. The summed E-state index contributed by atoms with van der Waals surface area (Å²) in [7, 11) is 2.14. The maximum atomic E-state index is 11.2. The molecule has 0 amide bonds. The zero-order valence-electron chi connectivity index (χ0n) is 13.0. The van der Waals surface area contributed by atoms with Gasteiger partial charge < -0.3 is 10.2 Å². The highest BCUT2D eigenvalue weighted by atomic mass is 16.6. The highest BCUT2D eigenvalue weighted by molar-refractivity contribution is 5.66. The van der Waals surface area contributed by atoms with Crippen LogP contribution in [-0.4, -0.2) is 54.0 Å². The van der Waals surface area contributed by atoms with Crippen molar-refractivity contribution in [3.63, 3.8) is 0 Å². The first-order valence-electron chi connectivity index (χ1n) is 7.45. The van der Waals surface area contributed by atoms with Crippen LogP contribution in [0.4, 0.5) is 11.4 Å². The first kappa shape index (κ1) is 15.7. The van der Waals surface area contributed by atoms with E-state index in [2.05, 4.69) is 29.1 Å². The fourth-order valence-corrected chi connectivity index (χ4v) is 2.76. The molecule has 1 unspecified atom stereocenters. The van der Waals surface area contributed by atoms with Crippen LogP contribution in [0.25, 0.3) is 0 Å². The Morgan fingerprint density at radius 1 is 1.43 bits per heavy atom. The molecule has 1 heterocycles. The van der Waals surface area contributed by atoms with Crippen LogP contribution in [0.2, 0.25) is 0 Å². The smallest absolute Gasteiger partial charge is 0.292 e. The molecular formula is C15H24N4O2. The number of nitrogens with one attached hydrogen (secondary N) is 1. The molecule has 6 nitrogen and oxygen atoms in total. The maximum absolute atomic E-state index is 11.2. The van der Waals surface area contributed by atoms with Crippen LogP contribution < -0.4 is 5.32 Å². The quantitative estimate of drug-likeness (QED) is 0.665. The molecule has 1 aromatic rings. The minimum absolute atomic E-state index is 0.163. The van der Waals surface area contributed by atoms with Crippen LogP contribution in [0.1, 0.15) is 19.4 Å². The molecule has 0 radical (unpaired) electrons. The van der Waals surface area contributed by atoms with E-state index in [0.29, 0.717) is 18.3 Å². The fourth-order valence-electron chi connectivity index (χ4n) is 2.76. The van der Waals surface area contributed by atoms with Gasteiger partial charge in [0, 0.05) is 44.8 Å². The van der Waals surface area contributed by atoms with Gasteiger partial charge in [-0.1, -0.05) is 12.1 Å². The summed E-state index contributed by atoms with van der Waals surface area (Å²) in [6.45, 7) is 8.62. The van der Waals surface area contributed by atoms with Crippen LogP contribution in [0.15, 0.2) is 18.2 Å². The Balaban J connectivity index is 2.19. The molecule has 1 aliphatic rings. The molecule has 0 aromatic heterocycles. The van der Waals surface area contributed by atoms with Gasteiger partial charge in [0.25, 0.3) is 5.69 Å². The average molecular weight is 292 g/mol. The van der Waals surface area contributed by atoms with Gasteiger partial charge in [-0.25, -0.2) is 0 Å². The van der Waals surface area contributed by atoms with Crippen LogP contribution in [0.3, 0.4) is 0 Å². The Hall–Kier alpha value is -1.66. The monoisotopic (exact) mass is 292 g/mol. The number of anilines is 1. The van der Waals surface area contributed by atoms with Gasteiger partial charge in [0.2, 0.25) is 0 Å². The predicted molar refractivity (Wildman–Crippen MR) is 84.6 cm³/mol. The number of nitro benzene ring substituents is 1. The van der Waals surface area contributed by atoms with Crippen LogP contribution in [-0.2, 0) is 6.54 Å². The SMILES string of the molecule is CCNc1c(CN2CCN(C)C(C)C2)cccc1[N+](=O)[O-]. The highest BCUT2D eigenvalue weighted by Crippen LogP contribution is 2.29. The van der Waals surface area contributed by atoms with Gasteiger partial charge in [0.05, 0.1) is 4.92 Å². The number of nitrogens with zero attached hydrogens (tertiary/aromatic N) is 3. The van der Waals surface area contributed by atoms with Crippen LogP contribution >= 0.6 is 0 Å². The lowest BCUT2D eigenvalue weighted by Gasteiger charge is -2.37. The van der Waals surface area contributed by atoms with E-state index in [1.54, 1.807) is 12.1 Å². The second-order valence-corrected chi connectivity index (χ2v) is 5.66. The number of rotatable bonds is 5. The van der Waals surface area contributed by atoms with Gasteiger partial charge in [-0.05, 0) is 26.5 Å². The molecule has 2 rings (SSSR count). The molecule has 0 aliphatic carbocycles. The molecule has 1 N–H and O–H groups in total. The molecule has 1 aromatic carbocycles. The first-order chi connectivity index (χ1) is 10.0. The van der Waals surface area contributed by atoms with Crippen molar-refractivity contribution in [1.82, 2.24) is 9.80 Å². The number of piperazine rings is 1. The second-order valence-electron chi connectivity index (χ2n) is 5.66. The molecule has 116 valence electrons. The Morgan fingerprint density at radius 3 is 2.81 bits per heavy atom. The van der Waals surface area contributed by atoms with Gasteiger partial charge in [0.15, 0.2) is 0 Å². The van der Waals surface area contributed by atoms with Crippen molar-refractivity contribution < 1.29 is 4.92 Å². The van der Waals surface area contributed by atoms with E-state index in [1.807, 2.05) is 13.0 Å². The molecule has 0 spiro atoms. The molecule has 6 heteroatoms. The van der Waals surface area contributed by atoms with Gasteiger partial charge in [-0.2, -0.15) is 0 Å². The topological polar surface area (TPSA) is 61.6 Å². The van der Waals surface area contributed by atoms with Crippen LogP contribution in [0.5, 0.6) is 0 Å². The molecule has 0 saturated carbocycles. The predicted octanol–water partition coefficient (Wildman–Crippen LogP) is 2.16. The van der Waals surface area contributed by atoms with E-state index in [9.17, 15) is 10.1 Å². The van der Waals surface area contributed by atoms with Gasteiger partial charge >= 0.3 is 0 Å². The van der Waals surface area contributed by atoms with E-state index >= 15 is 0 Å². The lowest BCUT2D eigenvalue weighted by Crippen LogP contribution is -2.49. The fraction of sp³-hybridized carbons (Fsp3) is 0.600. The van der Waals surface area contributed by atoms with E-state index in [0.717, 1.165) is 31.7 Å². The summed E-state index contributed by atoms with van der Waals surface area (Å²) in [5.74, 6) is 0. The Bertz CT molecular complexity index is 506. The van der Waals surface area contributed by atoms with Crippen LogP contribution in [0, 0.1) is 10.1 Å². The maximum Gasteiger partial charge on any atom is 0.292 e. The van der Waals surface area contributed by atoms with Gasteiger partial charge in [-0.3, -0.25) is 15.0 Å². The highest BCUT2D eigenvalue weighted by Gasteiger charge is 2.23. The van der Waals surface area contributed by atoms with Crippen molar-refractivity contribution in [2.45, 2.75) is 26.4 Å². The molecule has 1 saturated heterocycles. The third kappa shape index (κ3) is 3.71. The van der Waals surface area contributed by atoms with Gasteiger partial charge in [0.1, 0.15) is 5.69 Å². The number of benzene rings is 1. The summed E-state index contributed by atoms with van der Waals surface area (Å²) < 4.78 is 0. The number of hydrogen-bond acceptors (Lipinski definition) is 5. The Labute approximate surface area is 125 Å². The molecular weight excluding hydrogens is 268 g/mol. The minimum atomic E-state index is -0.311. The van der Waals surface area contributed by atoms with E-state index < -0.39 is 0 Å². The van der Waals surface area contributed by atoms with Crippen molar-refractivity contribution in [3.05, 3.63) is 33.9 Å². The summed E-state index contributed by atoms with van der Waals surface area (Å²) in [6.07, 6.45) is 0. The zero-order valence-corrected chi connectivity index (χ0v) is 13.0. The van der Waals surface area contributed by atoms with Crippen molar-refractivity contribution >= 4 is 11.4 Å². The van der Waals surface area contributed by atoms with Crippen molar-refractivity contribution in [3.8, 4) is 0 Å². The largest absolute Gasteiger partial charge is 0.380 e.